The van der Waals surface area contributed by atoms with E-state index in [2.05, 4.69) is 20.9 Å². The van der Waals surface area contributed by atoms with Crippen molar-refractivity contribution < 1.29 is 9.66 Å². The molecule has 0 unspecified atom stereocenters. The third-order valence-electron chi connectivity index (χ3n) is 2.99. The lowest BCUT2D eigenvalue weighted by molar-refractivity contribution is -0.386. The van der Waals surface area contributed by atoms with Gasteiger partial charge in [-0.15, -0.1) is 0 Å². The first-order valence-electron chi connectivity index (χ1n) is 6.47. The summed E-state index contributed by atoms with van der Waals surface area (Å²) in [5.41, 5.74) is 1.84. The quantitative estimate of drug-likeness (QED) is 0.576. The molecule has 0 amide bonds. The average Bonchev–Trinajstić information content (AvgIpc) is 2.40. The lowest BCUT2D eigenvalue weighted by Gasteiger charge is -2.14. The van der Waals surface area contributed by atoms with Crippen LogP contribution in [0.15, 0.2) is 34.9 Å². The number of benzene rings is 1. The third-order valence-corrected chi connectivity index (χ3v) is 3.43. The second-order valence-corrected chi connectivity index (χ2v) is 5.95. The Labute approximate surface area is 131 Å². The molecule has 0 aliphatic rings. The van der Waals surface area contributed by atoms with E-state index in [4.69, 9.17) is 4.74 Å². The Balaban J connectivity index is 2.47. The number of aryl methyl sites for hydroxylation is 1. The zero-order valence-corrected chi connectivity index (χ0v) is 13.5. The number of ether oxygens (including phenoxy) is 1. The molecule has 0 fully saturated rings. The number of hydrogen-bond acceptors (Lipinski definition) is 4. The summed E-state index contributed by atoms with van der Waals surface area (Å²) < 4.78 is 6.26. The molecule has 21 heavy (non-hydrogen) atoms. The maximum absolute atomic E-state index is 11.1. The largest absolute Gasteiger partial charge is 0.433 e. The zero-order chi connectivity index (χ0) is 15.6. The third kappa shape index (κ3) is 3.58. The van der Waals surface area contributed by atoms with Crippen molar-refractivity contribution in [2.75, 3.05) is 0 Å². The van der Waals surface area contributed by atoms with Crippen molar-refractivity contribution >= 4 is 21.6 Å². The van der Waals surface area contributed by atoms with E-state index in [0.29, 0.717) is 10.2 Å². The topological polar surface area (TPSA) is 65.3 Å². The second kappa shape index (κ2) is 6.22. The van der Waals surface area contributed by atoms with E-state index >= 15 is 0 Å². The molecule has 2 rings (SSSR count). The summed E-state index contributed by atoms with van der Waals surface area (Å²) in [5, 5.41) is 11.1. The molecule has 1 aromatic carbocycles. The fraction of sp³-hybridized carbons (Fsp3) is 0.267. The normalized spacial score (nSPS) is 10.7. The summed E-state index contributed by atoms with van der Waals surface area (Å²) in [6.45, 7) is 6.03. The van der Waals surface area contributed by atoms with Crippen molar-refractivity contribution in [2.24, 2.45) is 0 Å². The van der Waals surface area contributed by atoms with E-state index in [1.807, 2.05) is 39.0 Å². The average molecular weight is 351 g/mol. The summed E-state index contributed by atoms with van der Waals surface area (Å²) in [7, 11) is 0. The van der Waals surface area contributed by atoms with Crippen LogP contribution in [0.3, 0.4) is 0 Å². The smallest absolute Gasteiger partial charge is 0.332 e. The molecule has 6 heteroatoms. The van der Waals surface area contributed by atoms with Crippen LogP contribution in [-0.4, -0.2) is 9.91 Å². The SMILES string of the molecule is Cc1ccc(C(C)C)c(Oc2ncc(Br)cc2[N+](=O)[O-])c1. The van der Waals surface area contributed by atoms with Gasteiger partial charge in [-0.2, -0.15) is 0 Å². The maximum Gasteiger partial charge on any atom is 0.332 e. The molecule has 0 bridgehead atoms. The lowest BCUT2D eigenvalue weighted by Crippen LogP contribution is -1.99. The fourth-order valence-electron chi connectivity index (χ4n) is 1.94. The number of halogens is 1. The van der Waals surface area contributed by atoms with Crippen molar-refractivity contribution in [3.8, 4) is 11.6 Å². The van der Waals surface area contributed by atoms with Gasteiger partial charge in [0, 0.05) is 16.7 Å². The van der Waals surface area contributed by atoms with E-state index < -0.39 is 4.92 Å². The van der Waals surface area contributed by atoms with Crippen molar-refractivity contribution in [3.63, 3.8) is 0 Å². The Morgan fingerprint density at radius 2 is 2.05 bits per heavy atom. The highest BCUT2D eigenvalue weighted by atomic mass is 79.9. The van der Waals surface area contributed by atoms with E-state index in [1.54, 1.807) is 0 Å². The van der Waals surface area contributed by atoms with Crippen molar-refractivity contribution in [1.82, 2.24) is 4.98 Å². The fourth-order valence-corrected chi connectivity index (χ4v) is 2.26. The molecule has 0 N–H and O–H groups in total. The summed E-state index contributed by atoms with van der Waals surface area (Å²) in [6, 6.07) is 7.21. The molecular formula is C15H15BrN2O3. The minimum absolute atomic E-state index is 0.00398. The molecular weight excluding hydrogens is 336 g/mol. The molecule has 0 aliphatic heterocycles. The van der Waals surface area contributed by atoms with Gasteiger partial charge >= 0.3 is 5.69 Å². The van der Waals surface area contributed by atoms with Crippen LogP contribution in [0, 0.1) is 17.0 Å². The van der Waals surface area contributed by atoms with E-state index in [0.717, 1.165) is 11.1 Å². The Morgan fingerprint density at radius 1 is 1.33 bits per heavy atom. The van der Waals surface area contributed by atoms with Crippen LogP contribution in [0.25, 0.3) is 0 Å². The van der Waals surface area contributed by atoms with E-state index in [1.165, 1.54) is 12.3 Å². The molecule has 0 radical (unpaired) electrons. The summed E-state index contributed by atoms with van der Waals surface area (Å²) in [5.74, 6) is 0.841. The highest BCUT2D eigenvalue weighted by molar-refractivity contribution is 9.10. The second-order valence-electron chi connectivity index (χ2n) is 5.03. The van der Waals surface area contributed by atoms with Gasteiger partial charge in [-0.05, 0) is 46.0 Å². The van der Waals surface area contributed by atoms with Crippen LogP contribution in [0.1, 0.15) is 30.9 Å². The van der Waals surface area contributed by atoms with Gasteiger partial charge in [0.15, 0.2) is 0 Å². The van der Waals surface area contributed by atoms with Crippen molar-refractivity contribution in [2.45, 2.75) is 26.7 Å². The van der Waals surface area contributed by atoms with Gasteiger partial charge in [-0.25, -0.2) is 4.98 Å². The minimum atomic E-state index is -0.502. The number of pyridine rings is 1. The van der Waals surface area contributed by atoms with Gasteiger partial charge in [-0.1, -0.05) is 26.0 Å². The highest BCUT2D eigenvalue weighted by Gasteiger charge is 2.20. The first kappa shape index (κ1) is 15.4. The van der Waals surface area contributed by atoms with E-state index in [-0.39, 0.29) is 17.5 Å². The van der Waals surface area contributed by atoms with Gasteiger partial charge in [0.1, 0.15) is 5.75 Å². The van der Waals surface area contributed by atoms with Gasteiger partial charge < -0.3 is 4.74 Å². The van der Waals surface area contributed by atoms with Gasteiger partial charge in [-0.3, -0.25) is 10.1 Å². The first-order chi connectivity index (χ1) is 9.88. The summed E-state index contributed by atoms with van der Waals surface area (Å²) in [6.07, 6.45) is 1.48. The number of hydrogen-bond donors (Lipinski definition) is 0. The van der Waals surface area contributed by atoms with E-state index in [9.17, 15) is 10.1 Å². The standard InChI is InChI=1S/C15H15BrN2O3/c1-9(2)12-5-4-10(3)6-14(12)21-15-13(18(19)20)7-11(16)8-17-15/h4-9H,1-3H3. The van der Waals surface area contributed by atoms with Crippen LogP contribution in [0.4, 0.5) is 5.69 Å². The molecule has 0 saturated carbocycles. The first-order valence-corrected chi connectivity index (χ1v) is 7.26. The Kier molecular flexibility index (Phi) is 4.57. The molecule has 0 saturated heterocycles. The highest BCUT2D eigenvalue weighted by Crippen LogP contribution is 2.35. The number of nitro groups is 1. The predicted molar refractivity (Wildman–Crippen MR) is 83.9 cm³/mol. The van der Waals surface area contributed by atoms with Crippen LogP contribution in [0.2, 0.25) is 0 Å². The van der Waals surface area contributed by atoms with Crippen LogP contribution in [-0.2, 0) is 0 Å². The molecule has 0 spiro atoms. The lowest BCUT2D eigenvalue weighted by atomic mass is 10.0. The molecule has 0 atom stereocenters. The Morgan fingerprint density at radius 3 is 2.67 bits per heavy atom. The number of rotatable bonds is 4. The maximum atomic E-state index is 11.1. The zero-order valence-electron chi connectivity index (χ0n) is 12.0. The Hall–Kier alpha value is -1.95. The molecule has 1 aromatic heterocycles. The molecule has 2 aromatic rings. The molecule has 5 nitrogen and oxygen atoms in total. The Bertz CT molecular complexity index is 687. The summed E-state index contributed by atoms with van der Waals surface area (Å²) >= 11 is 3.18. The van der Waals surface area contributed by atoms with Crippen molar-refractivity contribution in [1.29, 1.82) is 0 Å². The number of nitrogens with zero attached hydrogens (tertiary/aromatic N) is 2. The monoisotopic (exact) mass is 350 g/mol. The van der Waals surface area contributed by atoms with Crippen LogP contribution in [0.5, 0.6) is 11.6 Å². The van der Waals surface area contributed by atoms with Crippen LogP contribution >= 0.6 is 15.9 Å². The minimum Gasteiger partial charge on any atom is -0.433 e. The van der Waals surface area contributed by atoms with Crippen molar-refractivity contribution in [3.05, 3.63) is 56.2 Å². The molecule has 110 valence electrons. The van der Waals surface area contributed by atoms with Gasteiger partial charge in [0.2, 0.25) is 0 Å². The number of aromatic nitrogens is 1. The van der Waals surface area contributed by atoms with Gasteiger partial charge in [0.25, 0.3) is 5.88 Å². The predicted octanol–water partition coefficient (Wildman–Crippen LogP) is 4.98. The summed E-state index contributed by atoms with van der Waals surface area (Å²) in [4.78, 5) is 14.6. The van der Waals surface area contributed by atoms with Crippen LogP contribution < -0.4 is 4.74 Å². The molecule has 0 aliphatic carbocycles. The molecule has 1 heterocycles. The van der Waals surface area contributed by atoms with Gasteiger partial charge in [0.05, 0.1) is 4.92 Å².